The second kappa shape index (κ2) is 9.09. The van der Waals surface area contributed by atoms with E-state index < -0.39 is 10.0 Å². The van der Waals surface area contributed by atoms with Crippen molar-refractivity contribution in [1.82, 2.24) is 9.79 Å². The smallest absolute Gasteiger partial charge is 0.264 e. The van der Waals surface area contributed by atoms with Gasteiger partial charge in [-0.3, -0.25) is 9.63 Å². The highest BCUT2D eigenvalue weighted by Crippen LogP contribution is 2.16. The summed E-state index contributed by atoms with van der Waals surface area (Å²) in [4.78, 5) is 18.5. The molecule has 0 heterocycles. The van der Waals surface area contributed by atoms with E-state index >= 15 is 0 Å². The summed E-state index contributed by atoms with van der Waals surface area (Å²) in [5, 5.41) is 2.81. The molecular weight excluding hydrogens is 366 g/mol. The Morgan fingerprint density at radius 2 is 1.74 bits per heavy atom. The summed E-state index contributed by atoms with van der Waals surface area (Å²) >= 11 is 0. The van der Waals surface area contributed by atoms with Gasteiger partial charge in [0.1, 0.15) is 6.54 Å². The van der Waals surface area contributed by atoms with Crippen LogP contribution in [0.1, 0.15) is 21.5 Å². The van der Waals surface area contributed by atoms with Gasteiger partial charge in [0.05, 0.1) is 26.1 Å². The second-order valence-electron chi connectivity index (χ2n) is 6.51. The number of nitrogens with zero attached hydrogens (tertiary/aromatic N) is 1. The molecule has 146 valence electrons. The molecule has 0 spiro atoms. The molecule has 7 nitrogen and oxygen atoms in total. The zero-order valence-electron chi connectivity index (χ0n) is 16.0. The molecule has 0 fully saturated rings. The Morgan fingerprint density at radius 3 is 2.33 bits per heavy atom. The highest BCUT2D eigenvalue weighted by molar-refractivity contribution is 7.89. The lowest BCUT2D eigenvalue weighted by molar-refractivity contribution is -0.872. The van der Waals surface area contributed by atoms with Crippen LogP contribution in [0.3, 0.4) is 0 Å². The first-order chi connectivity index (χ1) is 12.7. The molecule has 0 aliphatic heterocycles. The summed E-state index contributed by atoms with van der Waals surface area (Å²) in [6, 6.07) is 13.9. The van der Waals surface area contributed by atoms with E-state index in [-0.39, 0.29) is 16.4 Å². The van der Waals surface area contributed by atoms with Gasteiger partial charge in [0, 0.05) is 24.7 Å². The first-order valence-corrected chi connectivity index (χ1v) is 9.96. The van der Waals surface area contributed by atoms with E-state index in [0.717, 1.165) is 16.6 Å². The molecule has 2 rings (SSSR count). The molecular formula is C19H26N3O4S+. The van der Waals surface area contributed by atoms with Crippen LogP contribution in [0.15, 0.2) is 53.4 Å². The number of hydroxylamine groups is 1. The van der Waals surface area contributed by atoms with Crippen LogP contribution in [0.2, 0.25) is 0 Å². The van der Waals surface area contributed by atoms with E-state index in [9.17, 15) is 13.2 Å². The molecule has 0 aromatic heterocycles. The van der Waals surface area contributed by atoms with Gasteiger partial charge >= 0.3 is 0 Å². The highest BCUT2D eigenvalue weighted by atomic mass is 32.2. The lowest BCUT2D eigenvalue weighted by Gasteiger charge is -2.14. The molecule has 0 saturated carbocycles. The van der Waals surface area contributed by atoms with E-state index in [1.54, 1.807) is 6.07 Å². The Kier molecular flexibility index (Phi) is 7.09. The van der Waals surface area contributed by atoms with E-state index in [1.165, 1.54) is 42.8 Å². The molecule has 8 heteroatoms. The maximum atomic E-state index is 12.4. The second-order valence-corrected chi connectivity index (χ2v) is 8.44. The van der Waals surface area contributed by atoms with Crippen LogP contribution < -0.4 is 10.2 Å². The van der Waals surface area contributed by atoms with E-state index in [1.807, 2.05) is 24.3 Å². The van der Waals surface area contributed by atoms with Gasteiger partial charge in [-0.1, -0.05) is 34.8 Å². The molecule has 0 aliphatic rings. The SMILES string of the molecule is CON(C)S(=O)(=O)c1cccc(C(=O)NCc2ccc(C[NH+](C)C)cc2)c1. The van der Waals surface area contributed by atoms with Crippen LogP contribution in [-0.2, 0) is 28.0 Å². The van der Waals surface area contributed by atoms with Crippen molar-refractivity contribution in [3.05, 3.63) is 65.2 Å². The predicted octanol–water partition coefficient (Wildman–Crippen LogP) is 0.443. The number of amides is 1. The topological polar surface area (TPSA) is 80.1 Å². The molecule has 27 heavy (non-hydrogen) atoms. The van der Waals surface area contributed by atoms with Crippen molar-refractivity contribution in [2.75, 3.05) is 28.3 Å². The highest BCUT2D eigenvalue weighted by Gasteiger charge is 2.21. The number of carbonyl (C=O) groups is 1. The maximum Gasteiger partial charge on any atom is 0.264 e. The molecule has 0 atom stereocenters. The fourth-order valence-electron chi connectivity index (χ4n) is 2.51. The third-order valence-electron chi connectivity index (χ3n) is 4.02. The van der Waals surface area contributed by atoms with Crippen LogP contribution in [0.25, 0.3) is 0 Å². The summed E-state index contributed by atoms with van der Waals surface area (Å²) in [6.45, 7) is 1.30. The predicted molar refractivity (Wildman–Crippen MR) is 103 cm³/mol. The van der Waals surface area contributed by atoms with Crippen molar-refractivity contribution in [2.45, 2.75) is 18.0 Å². The molecule has 0 bridgehead atoms. The Hall–Kier alpha value is -2.26. The van der Waals surface area contributed by atoms with E-state index in [0.29, 0.717) is 6.54 Å². The Labute approximate surface area is 160 Å². The number of nitrogens with one attached hydrogen (secondary N) is 2. The number of quaternary nitrogens is 1. The summed E-state index contributed by atoms with van der Waals surface area (Å²) < 4.78 is 25.3. The van der Waals surface area contributed by atoms with Crippen LogP contribution in [0, 0.1) is 0 Å². The fraction of sp³-hybridized carbons (Fsp3) is 0.316. The van der Waals surface area contributed by atoms with Crippen LogP contribution in [0.4, 0.5) is 0 Å². The van der Waals surface area contributed by atoms with Crippen molar-refractivity contribution in [3.63, 3.8) is 0 Å². The van der Waals surface area contributed by atoms with Gasteiger partial charge in [-0.05, 0) is 23.8 Å². The third-order valence-corrected chi connectivity index (χ3v) is 5.70. The van der Waals surface area contributed by atoms with Crippen molar-refractivity contribution in [2.24, 2.45) is 0 Å². The van der Waals surface area contributed by atoms with Gasteiger partial charge in [-0.2, -0.15) is 0 Å². The van der Waals surface area contributed by atoms with E-state index in [2.05, 4.69) is 19.4 Å². The van der Waals surface area contributed by atoms with Crippen molar-refractivity contribution < 1.29 is 22.9 Å². The monoisotopic (exact) mass is 392 g/mol. The Morgan fingerprint density at radius 1 is 1.11 bits per heavy atom. The number of hydrogen-bond acceptors (Lipinski definition) is 4. The number of sulfonamides is 1. The Bertz CT molecular complexity index is 880. The summed E-state index contributed by atoms with van der Waals surface area (Å²) in [5.41, 5.74) is 2.47. The average Bonchev–Trinajstić information content (AvgIpc) is 2.66. The van der Waals surface area contributed by atoms with Gasteiger partial charge in [-0.15, -0.1) is 0 Å². The molecule has 2 N–H and O–H groups in total. The van der Waals surface area contributed by atoms with Gasteiger partial charge < -0.3 is 10.2 Å². The van der Waals surface area contributed by atoms with Gasteiger partial charge in [0.15, 0.2) is 0 Å². The maximum absolute atomic E-state index is 12.4. The number of hydrogen-bond donors (Lipinski definition) is 2. The Balaban J connectivity index is 2.05. The van der Waals surface area contributed by atoms with E-state index in [4.69, 9.17) is 4.84 Å². The summed E-state index contributed by atoms with van der Waals surface area (Å²) in [5.74, 6) is -0.339. The molecule has 0 unspecified atom stereocenters. The number of carbonyl (C=O) groups excluding carboxylic acids is 1. The minimum atomic E-state index is -3.80. The van der Waals surface area contributed by atoms with Gasteiger partial charge in [0.25, 0.3) is 15.9 Å². The fourth-order valence-corrected chi connectivity index (χ4v) is 3.53. The first kappa shape index (κ1) is 21.0. The lowest BCUT2D eigenvalue weighted by atomic mass is 10.1. The quantitative estimate of drug-likeness (QED) is 0.639. The standard InChI is InChI=1S/C19H25N3O4S/c1-21(2)14-16-10-8-15(9-11-16)13-20-19(23)17-6-5-7-18(12-17)27(24,25)22(3)26-4/h5-12H,13-14H2,1-4H3,(H,20,23)/p+1. The number of benzene rings is 2. The van der Waals surface area contributed by atoms with Crippen LogP contribution in [-0.4, -0.2) is 47.0 Å². The van der Waals surface area contributed by atoms with Gasteiger partial charge in [0.2, 0.25) is 0 Å². The summed E-state index contributed by atoms with van der Waals surface area (Å²) in [6.07, 6.45) is 0. The molecule has 0 aliphatic carbocycles. The molecule has 1 amide bonds. The number of rotatable bonds is 8. The normalized spacial score (nSPS) is 11.8. The largest absolute Gasteiger partial charge is 0.348 e. The zero-order chi connectivity index (χ0) is 20.0. The minimum absolute atomic E-state index is 0.00459. The van der Waals surface area contributed by atoms with Crippen molar-refractivity contribution in [1.29, 1.82) is 0 Å². The average molecular weight is 393 g/mol. The minimum Gasteiger partial charge on any atom is -0.348 e. The zero-order valence-corrected chi connectivity index (χ0v) is 16.8. The van der Waals surface area contributed by atoms with Crippen LogP contribution >= 0.6 is 0 Å². The van der Waals surface area contributed by atoms with Crippen molar-refractivity contribution in [3.8, 4) is 0 Å². The molecule has 0 radical (unpaired) electrons. The molecule has 2 aromatic carbocycles. The lowest BCUT2D eigenvalue weighted by Crippen LogP contribution is -3.04. The van der Waals surface area contributed by atoms with Crippen LogP contribution in [0.5, 0.6) is 0 Å². The van der Waals surface area contributed by atoms with Crippen molar-refractivity contribution >= 4 is 15.9 Å². The molecule has 2 aromatic rings. The first-order valence-electron chi connectivity index (χ1n) is 8.52. The van der Waals surface area contributed by atoms with Gasteiger partial charge in [-0.25, -0.2) is 8.42 Å². The third kappa shape index (κ3) is 5.61. The molecule has 0 saturated heterocycles. The summed E-state index contributed by atoms with van der Waals surface area (Å²) in [7, 11) is 2.94.